The Morgan fingerprint density at radius 3 is 2.83 bits per heavy atom. The molecule has 0 aromatic heterocycles. The molecule has 1 unspecified atom stereocenters. The first-order valence-corrected chi connectivity index (χ1v) is 4.98. The monoisotopic (exact) mass is 180 g/mol. The summed E-state index contributed by atoms with van der Waals surface area (Å²) in [7, 11) is -0.972. The van der Waals surface area contributed by atoms with Crippen molar-refractivity contribution in [2.45, 2.75) is 4.90 Å². The van der Waals surface area contributed by atoms with Crippen molar-refractivity contribution in [3.05, 3.63) is 35.9 Å². The lowest BCUT2D eigenvalue weighted by atomic mass is 10.2. The molecule has 2 nitrogen and oxygen atoms in total. The molecule has 0 saturated carbocycles. The summed E-state index contributed by atoms with van der Waals surface area (Å²) in [6.07, 6.45) is 1.60. The zero-order chi connectivity index (χ0) is 8.55. The van der Waals surface area contributed by atoms with Crippen LogP contribution in [0.15, 0.2) is 35.2 Å². The van der Waals surface area contributed by atoms with Crippen molar-refractivity contribution in [3.8, 4) is 0 Å². The summed E-state index contributed by atoms with van der Waals surface area (Å²) >= 11 is 0. The number of hydrogen-bond donors (Lipinski definition) is 1. The first kappa shape index (κ1) is 7.55. The van der Waals surface area contributed by atoms with E-state index in [0.717, 1.165) is 4.90 Å². The highest BCUT2D eigenvalue weighted by molar-refractivity contribution is 7.85. The van der Waals surface area contributed by atoms with Gasteiger partial charge in [-0.25, -0.2) is 0 Å². The maximum atomic E-state index is 11.4. The highest BCUT2D eigenvalue weighted by Gasteiger charge is 2.15. The summed E-state index contributed by atoms with van der Waals surface area (Å²) in [5, 5.41) is 9.41. The number of rotatable bonds is 0. The van der Waals surface area contributed by atoms with Gasteiger partial charge in [0.1, 0.15) is 5.76 Å². The van der Waals surface area contributed by atoms with Gasteiger partial charge in [0, 0.05) is 5.56 Å². The van der Waals surface area contributed by atoms with Crippen LogP contribution in [0.4, 0.5) is 0 Å². The summed E-state index contributed by atoms with van der Waals surface area (Å²) in [6.45, 7) is 0. The number of aliphatic hydroxyl groups excluding tert-OH is 1. The highest BCUT2D eigenvalue weighted by Crippen LogP contribution is 2.24. The van der Waals surface area contributed by atoms with Gasteiger partial charge in [-0.05, 0) is 12.1 Å². The van der Waals surface area contributed by atoms with Gasteiger partial charge in [0.15, 0.2) is 0 Å². The van der Waals surface area contributed by atoms with Crippen LogP contribution in [0.2, 0.25) is 0 Å². The van der Waals surface area contributed by atoms with E-state index in [1.54, 1.807) is 18.2 Å². The fraction of sp³-hybridized carbons (Fsp3) is 0.111. The number of fused-ring (bicyclic) bond motifs is 1. The molecule has 1 aliphatic rings. The van der Waals surface area contributed by atoms with E-state index in [1.807, 2.05) is 12.1 Å². The maximum absolute atomic E-state index is 11.4. The van der Waals surface area contributed by atoms with Gasteiger partial charge in [-0.3, -0.25) is 4.21 Å². The van der Waals surface area contributed by atoms with Crippen LogP contribution < -0.4 is 0 Å². The zero-order valence-corrected chi connectivity index (χ0v) is 7.17. The maximum Gasteiger partial charge on any atom is 0.120 e. The van der Waals surface area contributed by atoms with Crippen LogP contribution in [0.1, 0.15) is 5.56 Å². The van der Waals surface area contributed by atoms with Crippen molar-refractivity contribution >= 4 is 16.6 Å². The molecule has 1 aliphatic heterocycles. The minimum Gasteiger partial charge on any atom is -0.508 e. The second-order valence-corrected chi connectivity index (χ2v) is 4.06. The second-order valence-electron chi connectivity index (χ2n) is 2.60. The average Bonchev–Trinajstić information content (AvgIpc) is 2.12. The molecular formula is C9H8O2S. The minimum atomic E-state index is -0.972. The molecule has 0 bridgehead atoms. The standard InChI is InChI=1S/C9H8O2S/c10-8-5-6-12(11)9-4-2-1-3-7(8)9/h1-5,10H,6H2. The van der Waals surface area contributed by atoms with E-state index in [0.29, 0.717) is 11.3 Å². The molecule has 2 rings (SSSR count). The third-order valence-corrected chi connectivity index (χ3v) is 3.15. The van der Waals surface area contributed by atoms with Gasteiger partial charge in [0.05, 0.1) is 21.4 Å². The molecule has 1 atom stereocenters. The van der Waals surface area contributed by atoms with Crippen molar-refractivity contribution in [1.29, 1.82) is 0 Å². The molecule has 62 valence electrons. The smallest absolute Gasteiger partial charge is 0.120 e. The molecule has 1 aromatic carbocycles. The molecule has 1 heterocycles. The van der Waals surface area contributed by atoms with Crippen LogP contribution in [0.3, 0.4) is 0 Å². The van der Waals surface area contributed by atoms with Crippen molar-refractivity contribution in [2.75, 3.05) is 5.75 Å². The number of aliphatic hydroxyl groups is 1. The summed E-state index contributed by atoms with van der Waals surface area (Å²) in [4.78, 5) is 0.734. The van der Waals surface area contributed by atoms with Gasteiger partial charge >= 0.3 is 0 Å². The molecule has 0 amide bonds. The summed E-state index contributed by atoms with van der Waals surface area (Å²) < 4.78 is 11.4. The second kappa shape index (κ2) is 2.75. The molecule has 0 aliphatic carbocycles. The third-order valence-electron chi connectivity index (χ3n) is 1.84. The third kappa shape index (κ3) is 1.06. The predicted molar refractivity (Wildman–Crippen MR) is 48.3 cm³/mol. The molecular weight excluding hydrogens is 172 g/mol. The van der Waals surface area contributed by atoms with E-state index in [2.05, 4.69) is 0 Å². The zero-order valence-electron chi connectivity index (χ0n) is 6.36. The number of hydrogen-bond acceptors (Lipinski definition) is 2. The van der Waals surface area contributed by atoms with Gasteiger partial charge in [0.25, 0.3) is 0 Å². The number of benzene rings is 1. The van der Waals surface area contributed by atoms with Gasteiger partial charge in [-0.2, -0.15) is 0 Å². The first-order valence-electron chi connectivity index (χ1n) is 3.66. The first-order chi connectivity index (χ1) is 5.79. The van der Waals surface area contributed by atoms with Gasteiger partial charge in [-0.1, -0.05) is 18.2 Å². The SMILES string of the molecule is O=S1CC=C(O)c2ccccc21. The van der Waals surface area contributed by atoms with Crippen molar-refractivity contribution in [2.24, 2.45) is 0 Å². The summed E-state index contributed by atoms with van der Waals surface area (Å²) in [5.74, 6) is 0.660. The normalized spacial score (nSPS) is 21.3. The van der Waals surface area contributed by atoms with Crippen LogP contribution >= 0.6 is 0 Å². The Morgan fingerprint density at radius 2 is 2.08 bits per heavy atom. The lowest BCUT2D eigenvalue weighted by Gasteiger charge is -2.11. The molecule has 0 radical (unpaired) electrons. The molecule has 12 heavy (non-hydrogen) atoms. The highest BCUT2D eigenvalue weighted by atomic mass is 32.2. The van der Waals surface area contributed by atoms with Gasteiger partial charge < -0.3 is 5.11 Å². The average molecular weight is 180 g/mol. The van der Waals surface area contributed by atoms with Crippen molar-refractivity contribution in [3.63, 3.8) is 0 Å². The fourth-order valence-electron chi connectivity index (χ4n) is 1.23. The van der Waals surface area contributed by atoms with Gasteiger partial charge in [-0.15, -0.1) is 0 Å². The Kier molecular flexibility index (Phi) is 1.73. The molecule has 0 saturated heterocycles. The molecule has 1 aromatic rings. The van der Waals surface area contributed by atoms with Crippen LogP contribution in [-0.2, 0) is 10.8 Å². The Morgan fingerprint density at radius 1 is 1.33 bits per heavy atom. The van der Waals surface area contributed by atoms with E-state index >= 15 is 0 Å². The molecule has 0 fully saturated rings. The lowest BCUT2D eigenvalue weighted by molar-refractivity contribution is 0.508. The van der Waals surface area contributed by atoms with Gasteiger partial charge in [0.2, 0.25) is 0 Å². The predicted octanol–water partition coefficient (Wildman–Crippen LogP) is 1.71. The van der Waals surface area contributed by atoms with Crippen LogP contribution in [0.5, 0.6) is 0 Å². The van der Waals surface area contributed by atoms with E-state index < -0.39 is 10.8 Å². The van der Waals surface area contributed by atoms with Crippen LogP contribution in [0.25, 0.3) is 5.76 Å². The van der Waals surface area contributed by atoms with Crippen LogP contribution in [-0.4, -0.2) is 15.1 Å². The fourth-order valence-corrected chi connectivity index (χ4v) is 2.37. The quantitative estimate of drug-likeness (QED) is 0.660. The van der Waals surface area contributed by atoms with Crippen molar-refractivity contribution < 1.29 is 9.32 Å². The molecule has 0 spiro atoms. The summed E-state index contributed by atoms with van der Waals surface area (Å²) in [6, 6.07) is 7.22. The lowest BCUT2D eigenvalue weighted by Crippen LogP contribution is -2.05. The van der Waals surface area contributed by atoms with E-state index in [-0.39, 0.29) is 5.76 Å². The Labute approximate surface area is 73.0 Å². The Hall–Kier alpha value is -1.09. The molecule has 3 heteroatoms. The molecule has 1 N–H and O–H groups in total. The Balaban J connectivity index is 2.66. The van der Waals surface area contributed by atoms with E-state index in [9.17, 15) is 9.32 Å². The van der Waals surface area contributed by atoms with Crippen molar-refractivity contribution in [1.82, 2.24) is 0 Å². The summed E-state index contributed by atoms with van der Waals surface area (Å²) in [5.41, 5.74) is 0.696. The van der Waals surface area contributed by atoms with E-state index in [4.69, 9.17) is 0 Å². The van der Waals surface area contributed by atoms with Crippen LogP contribution in [0, 0.1) is 0 Å². The Bertz CT molecular complexity index is 369. The largest absolute Gasteiger partial charge is 0.508 e. The van der Waals surface area contributed by atoms with E-state index in [1.165, 1.54) is 0 Å². The topological polar surface area (TPSA) is 37.3 Å². The minimum absolute atomic E-state index is 0.241.